The summed E-state index contributed by atoms with van der Waals surface area (Å²) in [5, 5.41) is 9.67. The van der Waals surface area contributed by atoms with Crippen molar-refractivity contribution in [2.24, 2.45) is 0 Å². The van der Waals surface area contributed by atoms with E-state index < -0.39 is 46.5 Å². The van der Waals surface area contributed by atoms with Crippen molar-refractivity contribution in [3.63, 3.8) is 0 Å². The van der Waals surface area contributed by atoms with Crippen LogP contribution < -0.4 is 14.2 Å². The maximum Gasteiger partial charge on any atom is 0.573 e. The molecule has 3 aromatic rings. The lowest BCUT2D eigenvalue weighted by Crippen LogP contribution is -2.35. The summed E-state index contributed by atoms with van der Waals surface area (Å²) in [6, 6.07) is 15.3. The van der Waals surface area contributed by atoms with Crippen LogP contribution in [0.3, 0.4) is 0 Å². The molecule has 12 heteroatoms. The molecule has 1 aliphatic heterocycles. The number of hydrogen-bond acceptors (Lipinski definition) is 6. The van der Waals surface area contributed by atoms with Gasteiger partial charge in [-0.05, 0) is 48.7 Å². The van der Waals surface area contributed by atoms with E-state index in [9.17, 15) is 31.5 Å². The fourth-order valence-corrected chi connectivity index (χ4v) is 6.35. The third-order valence-corrected chi connectivity index (χ3v) is 8.43. The van der Waals surface area contributed by atoms with Crippen molar-refractivity contribution in [2.45, 2.75) is 50.1 Å². The topological polar surface area (TPSA) is 102 Å². The molecule has 0 saturated heterocycles. The number of aryl methyl sites for hydroxylation is 1. The number of alkyl halides is 3. The third-order valence-electron chi connectivity index (χ3n) is 6.58. The first-order chi connectivity index (χ1) is 18.8. The Hall–Kier alpha value is -3.77. The highest BCUT2D eigenvalue weighted by Crippen LogP contribution is 2.43. The van der Waals surface area contributed by atoms with Crippen molar-refractivity contribution >= 4 is 16.0 Å². The van der Waals surface area contributed by atoms with E-state index in [4.69, 9.17) is 9.47 Å². The van der Waals surface area contributed by atoms with Gasteiger partial charge in [0, 0.05) is 18.0 Å². The van der Waals surface area contributed by atoms with Crippen molar-refractivity contribution in [3.8, 4) is 17.2 Å². The molecule has 0 radical (unpaired) electrons. The highest BCUT2D eigenvalue weighted by Gasteiger charge is 2.36. The lowest BCUT2D eigenvalue weighted by Gasteiger charge is -2.25. The number of nitrogens with zero attached hydrogens (tertiary/aromatic N) is 1. The smallest absolute Gasteiger partial charge is 0.493 e. The van der Waals surface area contributed by atoms with Gasteiger partial charge in [0.05, 0.1) is 20.1 Å². The molecule has 0 spiro atoms. The van der Waals surface area contributed by atoms with Gasteiger partial charge >= 0.3 is 12.3 Å². The number of methoxy groups -OCH3 is 1. The summed E-state index contributed by atoms with van der Waals surface area (Å²) in [6.45, 7) is 3.52. The van der Waals surface area contributed by atoms with Gasteiger partial charge in [0.1, 0.15) is 16.7 Å². The normalized spacial score (nSPS) is 17.7. The lowest BCUT2D eigenvalue weighted by atomic mass is 9.86. The molecule has 2 atom stereocenters. The standard InChI is InChI=1S/C28H28F3NO7S/c1-17-11-12-19(22(14-26(33)34)21-7-6-9-24(37-3)27(21)39-28(29,30)31)13-20(17)16-32-15-18(2)38-23-8-4-5-10-25(23)40(32,35)36/h4-13,18,22H,14-16H2,1-3H3,(H,33,34)/t18-,22?/m1/s1. The second-order valence-corrected chi connectivity index (χ2v) is 11.3. The fourth-order valence-electron chi connectivity index (χ4n) is 4.73. The number of para-hydroxylation sites is 2. The Morgan fingerprint density at radius 2 is 1.88 bits per heavy atom. The molecular weight excluding hydrogens is 551 g/mol. The van der Waals surface area contributed by atoms with Gasteiger partial charge in [0.15, 0.2) is 11.5 Å². The van der Waals surface area contributed by atoms with Crippen LogP contribution in [0, 0.1) is 6.92 Å². The van der Waals surface area contributed by atoms with E-state index in [2.05, 4.69) is 4.74 Å². The molecule has 0 bridgehead atoms. The molecule has 1 unspecified atom stereocenters. The number of carboxylic acid groups (broad SMARTS) is 1. The van der Waals surface area contributed by atoms with E-state index in [1.165, 1.54) is 35.7 Å². The molecule has 40 heavy (non-hydrogen) atoms. The first kappa shape index (κ1) is 29.2. The summed E-state index contributed by atoms with van der Waals surface area (Å²) < 4.78 is 83.5. The van der Waals surface area contributed by atoms with Gasteiger partial charge in [0.2, 0.25) is 10.0 Å². The number of fused-ring (bicyclic) bond motifs is 1. The van der Waals surface area contributed by atoms with Crippen LogP contribution in [0.25, 0.3) is 0 Å². The fraction of sp³-hybridized carbons (Fsp3) is 0.321. The molecular formula is C28H28F3NO7S. The van der Waals surface area contributed by atoms with Gasteiger partial charge in [0.25, 0.3) is 0 Å². The van der Waals surface area contributed by atoms with Crippen LogP contribution in [0.4, 0.5) is 13.2 Å². The van der Waals surface area contributed by atoms with E-state index >= 15 is 0 Å². The molecule has 1 N–H and O–H groups in total. The second kappa shape index (κ2) is 11.4. The SMILES string of the molecule is COc1cccc(C(CC(=O)O)c2ccc(C)c(CN3C[C@@H](C)Oc4ccccc4S3(=O)=O)c2)c1OC(F)(F)F. The zero-order valence-corrected chi connectivity index (χ0v) is 22.8. The Morgan fingerprint density at radius 3 is 2.55 bits per heavy atom. The number of carbonyl (C=O) groups is 1. The van der Waals surface area contributed by atoms with Crippen LogP contribution in [0.2, 0.25) is 0 Å². The number of carboxylic acids is 1. The molecule has 0 fully saturated rings. The maximum absolute atomic E-state index is 13.6. The lowest BCUT2D eigenvalue weighted by molar-refractivity contribution is -0.275. The summed E-state index contributed by atoms with van der Waals surface area (Å²) in [5.41, 5.74) is 1.62. The molecule has 1 aliphatic rings. The van der Waals surface area contributed by atoms with Crippen LogP contribution in [-0.4, -0.2) is 49.9 Å². The first-order valence-corrected chi connectivity index (χ1v) is 13.7. The molecule has 0 amide bonds. The second-order valence-electron chi connectivity index (χ2n) is 9.44. The molecule has 4 rings (SSSR count). The molecule has 3 aromatic carbocycles. The number of rotatable bonds is 8. The molecule has 0 aliphatic carbocycles. The number of sulfonamides is 1. The monoisotopic (exact) mass is 579 g/mol. The van der Waals surface area contributed by atoms with E-state index in [1.807, 2.05) is 0 Å². The maximum atomic E-state index is 13.6. The number of ether oxygens (including phenoxy) is 3. The van der Waals surface area contributed by atoms with Crippen molar-refractivity contribution in [3.05, 3.63) is 82.9 Å². The van der Waals surface area contributed by atoms with Gasteiger partial charge in [-0.1, -0.05) is 42.5 Å². The van der Waals surface area contributed by atoms with Gasteiger partial charge in [-0.15, -0.1) is 13.2 Å². The van der Waals surface area contributed by atoms with Crippen LogP contribution >= 0.6 is 0 Å². The van der Waals surface area contributed by atoms with Gasteiger partial charge < -0.3 is 19.3 Å². The molecule has 1 heterocycles. The van der Waals surface area contributed by atoms with Crippen LogP contribution in [-0.2, 0) is 21.4 Å². The zero-order chi connectivity index (χ0) is 29.2. The number of benzene rings is 3. The Balaban J connectivity index is 1.79. The zero-order valence-electron chi connectivity index (χ0n) is 21.9. The number of aliphatic carboxylic acids is 1. The molecule has 214 valence electrons. The number of hydrogen-bond donors (Lipinski definition) is 1. The Bertz CT molecular complexity index is 1510. The largest absolute Gasteiger partial charge is 0.573 e. The van der Waals surface area contributed by atoms with Crippen molar-refractivity contribution in [1.82, 2.24) is 4.31 Å². The first-order valence-electron chi connectivity index (χ1n) is 12.3. The Morgan fingerprint density at radius 1 is 1.15 bits per heavy atom. The summed E-state index contributed by atoms with van der Waals surface area (Å²) in [6.07, 6.45) is -6.06. The summed E-state index contributed by atoms with van der Waals surface area (Å²) >= 11 is 0. The highest BCUT2D eigenvalue weighted by atomic mass is 32.2. The summed E-state index contributed by atoms with van der Waals surface area (Å²) in [5.74, 6) is -2.90. The van der Waals surface area contributed by atoms with Gasteiger partial charge in [-0.2, -0.15) is 4.31 Å². The van der Waals surface area contributed by atoms with Crippen LogP contribution in [0.1, 0.15) is 41.5 Å². The molecule has 0 aromatic heterocycles. The molecule has 8 nitrogen and oxygen atoms in total. The van der Waals surface area contributed by atoms with Crippen molar-refractivity contribution in [1.29, 1.82) is 0 Å². The third kappa shape index (κ3) is 6.34. The highest BCUT2D eigenvalue weighted by molar-refractivity contribution is 7.89. The average Bonchev–Trinajstić information content (AvgIpc) is 2.96. The van der Waals surface area contributed by atoms with Gasteiger partial charge in [-0.25, -0.2) is 8.42 Å². The minimum atomic E-state index is -5.05. The Kier molecular flexibility index (Phi) is 8.31. The minimum Gasteiger partial charge on any atom is -0.493 e. The summed E-state index contributed by atoms with van der Waals surface area (Å²) in [7, 11) is -2.77. The van der Waals surface area contributed by atoms with E-state index in [-0.39, 0.29) is 35.0 Å². The number of halogens is 3. The predicted molar refractivity (Wildman–Crippen MR) is 139 cm³/mol. The van der Waals surface area contributed by atoms with Crippen molar-refractivity contribution < 1.29 is 45.7 Å². The quantitative estimate of drug-likeness (QED) is 0.377. The minimum absolute atomic E-state index is 0.0298. The average molecular weight is 580 g/mol. The van der Waals surface area contributed by atoms with E-state index in [0.717, 1.165) is 5.56 Å². The van der Waals surface area contributed by atoms with Gasteiger partial charge in [-0.3, -0.25) is 4.79 Å². The predicted octanol–water partition coefficient (Wildman–Crippen LogP) is 5.48. The van der Waals surface area contributed by atoms with E-state index in [0.29, 0.717) is 11.1 Å². The summed E-state index contributed by atoms with van der Waals surface area (Å²) in [4.78, 5) is 11.9. The Labute approximate surface area is 230 Å². The van der Waals surface area contributed by atoms with Crippen LogP contribution in [0.15, 0.2) is 65.6 Å². The van der Waals surface area contributed by atoms with Crippen molar-refractivity contribution in [2.75, 3.05) is 13.7 Å². The van der Waals surface area contributed by atoms with E-state index in [1.54, 1.807) is 50.2 Å². The molecule has 0 saturated carbocycles. The van der Waals surface area contributed by atoms with Crippen LogP contribution in [0.5, 0.6) is 17.2 Å².